The molecule has 1 unspecified atom stereocenters. The van der Waals surface area contributed by atoms with E-state index in [2.05, 4.69) is 23.7 Å². The number of piperidine rings is 1. The van der Waals surface area contributed by atoms with Crippen LogP contribution in [0.2, 0.25) is 0 Å². The van der Waals surface area contributed by atoms with Gasteiger partial charge in [-0.25, -0.2) is 4.98 Å². The zero-order valence-corrected chi connectivity index (χ0v) is 12.3. The fourth-order valence-electron chi connectivity index (χ4n) is 2.55. The molecular weight excluding hydrogens is 244 g/mol. The molecule has 0 aliphatic carbocycles. The third-order valence-corrected chi connectivity index (χ3v) is 4.86. The first-order valence-corrected chi connectivity index (χ1v) is 7.67. The summed E-state index contributed by atoms with van der Waals surface area (Å²) < 4.78 is 0. The number of Topliss-reactive ketones (excluding diaryl/α,β-unsaturated/α-hetero) is 1. The highest BCUT2D eigenvalue weighted by atomic mass is 32.1. The number of nitrogens with zero attached hydrogens (tertiary/aromatic N) is 2. The lowest BCUT2D eigenvalue weighted by molar-refractivity contribution is 0.102. The number of hydrogen-bond donors (Lipinski definition) is 0. The quantitative estimate of drug-likeness (QED) is 0.784. The van der Waals surface area contributed by atoms with Crippen LogP contribution in [-0.4, -0.2) is 28.3 Å². The molecular formula is C14H22N2OS. The van der Waals surface area contributed by atoms with Crippen molar-refractivity contribution in [1.82, 2.24) is 9.88 Å². The molecule has 0 bridgehead atoms. The minimum atomic E-state index is 0.155. The van der Waals surface area contributed by atoms with Gasteiger partial charge in [0.1, 0.15) is 5.01 Å². The van der Waals surface area contributed by atoms with Gasteiger partial charge in [-0.3, -0.25) is 9.69 Å². The van der Waals surface area contributed by atoms with Crippen molar-refractivity contribution in [3.05, 3.63) is 15.6 Å². The Morgan fingerprint density at radius 1 is 1.50 bits per heavy atom. The van der Waals surface area contributed by atoms with Gasteiger partial charge in [-0.05, 0) is 32.7 Å². The van der Waals surface area contributed by atoms with Crippen LogP contribution >= 0.6 is 11.3 Å². The highest BCUT2D eigenvalue weighted by molar-refractivity contribution is 7.13. The summed E-state index contributed by atoms with van der Waals surface area (Å²) in [5.74, 6) is 0.155. The second-order valence-electron chi connectivity index (χ2n) is 5.11. The maximum Gasteiger partial charge on any atom is 0.171 e. The predicted molar refractivity (Wildman–Crippen MR) is 75.2 cm³/mol. The molecule has 1 atom stereocenters. The van der Waals surface area contributed by atoms with Crippen molar-refractivity contribution in [3.8, 4) is 0 Å². The molecule has 0 radical (unpaired) electrons. The maximum absolute atomic E-state index is 11.6. The predicted octanol–water partition coefficient (Wildman–Crippen LogP) is 3.28. The third kappa shape index (κ3) is 2.98. The molecule has 0 amide bonds. The van der Waals surface area contributed by atoms with E-state index in [1.807, 2.05) is 0 Å². The van der Waals surface area contributed by atoms with Crippen LogP contribution in [0.15, 0.2) is 0 Å². The summed E-state index contributed by atoms with van der Waals surface area (Å²) in [6.45, 7) is 8.07. The monoisotopic (exact) mass is 266 g/mol. The summed E-state index contributed by atoms with van der Waals surface area (Å²) >= 11 is 1.59. The first kappa shape index (κ1) is 13.7. The molecule has 3 nitrogen and oxygen atoms in total. The number of likely N-dealkylation sites (tertiary alicyclic amines) is 1. The Morgan fingerprint density at radius 2 is 2.28 bits per heavy atom. The highest BCUT2D eigenvalue weighted by Crippen LogP contribution is 2.24. The van der Waals surface area contributed by atoms with Gasteiger partial charge in [-0.15, -0.1) is 11.3 Å². The van der Waals surface area contributed by atoms with Gasteiger partial charge in [0.2, 0.25) is 0 Å². The van der Waals surface area contributed by atoms with Crippen LogP contribution < -0.4 is 0 Å². The van der Waals surface area contributed by atoms with Gasteiger partial charge in [-0.2, -0.15) is 0 Å². The first-order chi connectivity index (χ1) is 8.61. The van der Waals surface area contributed by atoms with Crippen LogP contribution in [0.3, 0.4) is 0 Å². The summed E-state index contributed by atoms with van der Waals surface area (Å²) in [5.41, 5.74) is 0.979. The van der Waals surface area contributed by atoms with Crippen LogP contribution in [0.4, 0.5) is 0 Å². The Bertz CT molecular complexity index is 427. The van der Waals surface area contributed by atoms with Crippen molar-refractivity contribution in [1.29, 1.82) is 0 Å². The minimum Gasteiger partial charge on any atom is -0.294 e. The standard InChI is InChI=1S/C14H22N2OS/c1-4-12-14(11(3)17)18-13(15-12)9-16-8-6-5-7-10(16)2/h10H,4-9H2,1-3H3. The number of aromatic nitrogens is 1. The molecule has 100 valence electrons. The van der Waals surface area contributed by atoms with Crippen molar-refractivity contribution in [2.75, 3.05) is 6.54 Å². The summed E-state index contributed by atoms with van der Waals surface area (Å²) in [4.78, 5) is 19.5. The van der Waals surface area contributed by atoms with Crippen molar-refractivity contribution >= 4 is 17.1 Å². The van der Waals surface area contributed by atoms with Gasteiger partial charge >= 0.3 is 0 Å². The number of rotatable bonds is 4. The fraction of sp³-hybridized carbons (Fsp3) is 0.714. The molecule has 1 aliphatic heterocycles. The Kier molecular flexibility index (Phi) is 4.51. The molecule has 0 saturated carbocycles. The molecule has 1 aromatic heterocycles. The van der Waals surface area contributed by atoms with Crippen LogP contribution in [0.1, 0.15) is 60.4 Å². The number of aryl methyl sites for hydroxylation is 1. The lowest BCUT2D eigenvalue weighted by Gasteiger charge is -2.32. The van der Waals surface area contributed by atoms with Crippen molar-refractivity contribution < 1.29 is 4.79 Å². The van der Waals surface area contributed by atoms with Crippen molar-refractivity contribution in [2.24, 2.45) is 0 Å². The average molecular weight is 266 g/mol. The molecule has 2 rings (SSSR count). The number of carbonyl (C=O) groups is 1. The first-order valence-electron chi connectivity index (χ1n) is 6.85. The molecule has 1 aromatic rings. The van der Waals surface area contributed by atoms with E-state index in [4.69, 9.17) is 0 Å². The molecule has 18 heavy (non-hydrogen) atoms. The van der Waals surface area contributed by atoms with E-state index in [1.54, 1.807) is 18.3 Å². The Labute approximate surface area is 113 Å². The molecule has 1 saturated heterocycles. The lowest BCUT2D eigenvalue weighted by atomic mass is 10.0. The number of carbonyl (C=O) groups excluding carboxylic acids is 1. The van der Waals surface area contributed by atoms with E-state index < -0.39 is 0 Å². The largest absolute Gasteiger partial charge is 0.294 e. The molecule has 4 heteroatoms. The molecule has 0 N–H and O–H groups in total. The van der Waals surface area contributed by atoms with Gasteiger partial charge < -0.3 is 0 Å². The van der Waals surface area contributed by atoms with Gasteiger partial charge in [-0.1, -0.05) is 13.3 Å². The fourth-order valence-corrected chi connectivity index (χ4v) is 3.62. The smallest absolute Gasteiger partial charge is 0.171 e. The van der Waals surface area contributed by atoms with Crippen molar-refractivity contribution in [2.45, 2.75) is 59.0 Å². The second-order valence-corrected chi connectivity index (χ2v) is 6.19. The molecule has 1 fully saturated rings. The van der Waals surface area contributed by atoms with Gasteiger partial charge in [0.25, 0.3) is 0 Å². The summed E-state index contributed by atoms with van der Waals surface area (Å²) in [5, 5.41) is 1.10. The maximum atomic E-state index is 11.6. The van der Waals surface area contributed by atoms with Gasteiger partial charge in [0.15, 0.2) is 5.78 Å². The van der Waals surface area contributed by atoms with Crippen LogP contribution in [-0.2, 0) is 13.0 Å². The topological polar surface area (TPSA) is 33.2 Å². The SMILES string of the molecule is CCc1nc(CN2CCCCC2C)sc1C(C)=O. The Balaban J connectivity index is 2.11. The number of thiazole rings is 1. The van der Waals surface area contributed by atoms with Crippen LogP contribution in [0.25, 0.3) is 0 Å². The zero-order valence-electron chi connectivity index (χ0n) is 11.5. The Hall–Kier alpha value is -0.740. The third-order valence-electron chi connectivity index (χ3n) is 3.68. The van der Waals surface area contributed by atoms with E-state index in [-0.39, 0.29) is 5.78 Å². The number of hydrogen-bond acceptors (Lipinski definition) is 4. The van der Waals surface area contributed by atoms with E-state index >= 15 is 0 Å². The normalized spacial score (nSPS) is 21.2. The van der Waals surface area contributed by atoms with E-state index in [1.165, 1.54) is 19.3 Å². The van der Waals surface area contributed by atoms with Crippen LogP contribution in [0.5, 0.6) is 0 Å². The van der Waals surface area contributed by atoms with Crippen LogP contribution in [0, 0.1) is 0 Å². The van der Waals surface area contributed by atoms with E-state index in [0.717, 1.165) is 35.1 Å². The lowest BCUT2D eigenvalue weighted by Crippen LogP contribution is -2.36. The zero-order chi connectivity index (χ0) is 13.1. The summed E-state index contributed by atoms with van der Waals surface area (Å²) in [6, 6.07) is 0.647. The molecule has 1 aliphatic rings. The van der Waals surface area contributed by atoms with E-state index in [0.29, 0.717) is 6.04 Å². The van der Waals surface area contributed by atoms with Crippen molar-refractivity contribution in [3.63, 3.8) is 0 Å². The minimum absolute atomic E-state index is 0.155. The average Bonchev–Trinajstić information content (AvgIpc) is 2.75. The summed E-state index contributed by atoms with van der Waals surface area (Å²) in [7, 11) is 0. The van der Waals surface area contributed by atoms with Gasteiger partial charge in [0.05, 0.1) is 17.1 Å². The van der Waals surface area contributed by atoms with Gasteiger partial charge in [0, 0.05) is 13.0 Å². The molecule has 0 aromatic carbocycles. The molecule has 2 heterocycles. The molecule has 0 spiro atoms. The summed E-state index contributed by atoms with van der Waals surface area (Å²) in [6.07, 6.45) is 4.76. The Morgan fingerprint density at radius 3 is 2.83 bits per heavy atom. The highest BCUT2D eigenvalue weighted by Gasteiger charge is 2.21. The second kappa shape index (κ2) is 5.93. The van der Waals surface area contributed by atoms with E-state index in [9.17, 15) is 4.79 Å². The number of ketones is 1.